The van der Waals surface area contributed by atoms with Gasteiger partial charge in [-0.25, -0.2) is 0 Å². The van der Waals surface area contributed by atoms with E-state index in [-0.39, 0.29) is 24.1 Å². The second-order valence-corrected chi connectivity index (χ2v) is 10.2. The van der Waals surface area contributed by atoms with Crippen molar-refractivity contribution in [1.29, 1.82) is 0 Å². The third kappa shape index (κ3) is 5.82. The van der Waals surface area contributed by atoms with E-state index in [1.54, 1.807) is 18.2 Å². The van der Waals surface area contributed by atoms with Gasteiger partial charge in [0.25, 0.3) is 0 Å². The Morgan fingerprint density at radius 3 is 1.95 bits per heavy atom. The highest BCUT2D eigenvalue weighted by atomic mass is 19.4. The molecule has 2 saturated heterocycles. The van der Waals surface area contributed by atoms with Gasteiger partial charge in [-0.1, -0.05) is 42.5 Å². The number of hydrogen-bond acceptors (Lipinski definition) is 3. The van der Waals surface area contributed by atoms with E-state index in [0.29, 0.717) is 39.1 Å². The maximum absolute atomic E-state index is 13.8. The molecule has 0 bridgehead atoms. The number of piperidine rings is 1. The van der Waals surface area contributed by atoms with Gasteiger partial charge in [0.1, 0.15) is 0 Å². The van der Waals surface area contributed by atoms with Gasteiger partial charge in [0, 0.05) is 31.2 Å². The van der Waals surface area contributed by atoms with Crippen LogP contribution in [0.3, 0.4) is 0 Å². The van der Waals surface area contributed by atoms with Crippen molar-refractivity contribution in [2.24, 2.45) is 0 Å². The lowest BCUT2D eigenvalue weighted by molar-refractivity contribution is -0.143. The zero-order valence-electron chi connectivity index (χ0n) is 21.5. The summed E-state index contributed by atoms with van der Waals surface area (Å²) in [5, 5.41) is 0. The number of likely N-dealkylation sites (tertiary alicyclic amines) is 1. The normalized spacial score (nSPS) is 22.3. The van der Waals surface area contributed by atoms with Crippen LogP contribution in [0.1, 0.15) is 52.1 Å². The van der Waals surface area contributed by atoms with Crippen LogP contribution in [0.4, 0.5) is 32.0 Å². The predicted octanol–water partition coefficient (Wildman–Crippen LogP) is 7.03. The molecular formula is C30H28F6N2O2. The average molecular weight is 563 g/mol. The molecule has 0 aromatic heterocycles. The molecule has 3 atom stereocenters. The topological polar surface area (TPSA) is 32.8 Å². The molecule has 40 heavy (non-hydrogen) atoms. The first kappa shape index (κ1) is 28.0. The Morgan fingerprint density at radius 1 is 0.725 bits per heavy atom. The highest BCUT2D eigenvalue weighted by Crippen LogP contribution is 2.51. The Bertz CT molecular complexity index is 1290. The van der Waals surface area contributed by atoms with E-state index in [1.165, 1.54) is 4.90 Å². The number of carbonyl (C=O) groups is 1. The summed E-state index contributed by atoms with van der Waals surface area (Å²) in [4.78, 5) is 15.8. The number of benzene rings is 3. The van der Waals surface area contributed by atoms with Crippen molar-refractivity contribution in [3.63, 3.8) is 0 Å². The van der Waals surface area contributed by atoms with Gasteiger partial charge in [-0.15, -0.1) is 0 Å². The summed E-state index contributed by atoms with van der Waals surface area (Å²) < 4.78 is 88.3. The van der Waals surface area contributed by atoms with Crippen molar-refractivity contribution in [3.05, 3.63) is 101 Å². The summed E-state index contributed by atoms with van der Waals surface area (Å²) in [7, 11) is 0. The molecule has 0 spiro atoms. The van der Waals surface area contributed by atoms with Crippen LogP contribution in [0.2, 0.25) is 0 Å². The molecule has 5 rings (SSSR count). The summed E-state index contributed by atoms with van der Waals surface area (Å²) in [6, 6.07) is 17.4. The second kappa shape index (κ2) is 11.2. The Labute approximate surface area is 228 Å². The number of anilines is 1. The van der Waals surface area contributed by atoms with E-state index in [1.807, 2.05) is 36.4 Å². The number of rotatable bonds is 5. The van der Waals surface area contributed by atoms with Gasteiger partial charge in [0.2, 0.25) is 6.41 Å². The lowest BCUT2D eigenvalue weighted by Gasteiger charge is -2.45. The van der Waals surface area contributed by atoms with E-state index < -0.39 is 35.4 Å². The summed E-state index contributed by atoms with van der Waals surface area (Å²) in [5.41, 5.74) is -0.376. The molecule has 10 heteroatoms. The van der Waals surface area contributed by atoms with Crippen LogP contribution in [0.25, 0.3) is 0 Å². The molecule has 1 unspecified atom stereocenters. The Kier molecular flexibility index (Phi) is 7.81. The largest absolute Gasteiger partial charge is 0.416 e. The fourth-order valence-electron chi connectivity index (χ4n) is 5.94. The lowest BCUT2D eigenvalue weighted by Crippen LogP contribution is -2.41. The Morgan fingerprint density at radius 2 is 1.35 bits per heavy atom. The molecule has 1 amide bonds. The van der Waals surface area contributed by atoms with E-state index in [9.17, 15) is 31.1 Å². The first-order chi connectivity index (χ1) is 19.1. The molecule has 212 valence electrons. The van der Waals surface area contributed by atoms with Crippen LogP contribution in [-0.2, 0) is 21.9 Å². The molecule has 4 nitrogen and oxygen atoms in total. The van der Waals surface area contributed by atoms with Crippen LogP contribution >= 0.6 is 0 Å². The number of morpholine rings is 1. The smallest absolute Gasteiger partial charge is 0.378 e. The van der Waals surface area contributed by atoms with Gasteiger partial charge in [-0.2, -0.15) is 26.3 Å². The second-order valence-electron chi connectivity index (χ2n) is 10.2. The van der Waals surface area contributed by atoms with Crippen LogP contribution in [0.5, 0.6) is 0 Å². The number of carbonyl (C=O) groups excluding carboxylic acids is 1. The minimum atomic E-state index is -5.00. The zero-order chi connectivity index (χ0) is 28.5. The van der Waals surface area contributed by atoms with Gasteiger partial charge in [-0.05, 0) is 59.4 Å². The van der Waals surface area contributed by atoms with Crippen molar-refractivity contribution in [1.82, 2.24) is 4.90 Å². The van der Waals surface area contributed by atoms with E-state index >= 15 is 0 Å². The van der Waals surface area contributed by atoms with Gasteiger partial charge >= 0.3 is 12.4 Å². The molecule has 2 fully saturated rings. The number of ether oxygens (including phenoxy) is 1. The average Bonchev–Trinajstić information content (AvgIpc) is 2.96. The fraction of sp³-hybridized carbons (Fsp3) is 0.367. The summed E-state index contributed by atoms with van der Waals surface area (Å²) >= 11 is 0. The fourth-order valence-corrected chi connectivity index (χ4v) is 5.94. The highest BCUT2D eigenvalue weighted by molar-refractivity contribution is 5.54. The summed E-state index contributed by atoms with van der Waals surface area (Å²) in [6.45, 7) is 2.79. The number of halogens is 6. The number of hydrogen-bond donors (Lipinski definition) is 0. The highest BCUT2D eigenvalue weighted by Gasteiger charge is 2.43. The third-order valence-electron chi connectivity index (χ3n) is 7.78. The predicted molar refractivity (Wildman–Crippen MR) is 138 cm³/mol. The molecule has 2 aliphatic rings. The van der Waals surface area contributed by atoms with Gasteiger partial charge in [0.15, 0.2) is 0 Å². The number of alkyl halides is 6. The summed E-state index contributed by atoms with van der Waals surface area (Å²) in [5.74, 6) is -0.863. The number of amides is 1. The van der Waals surface area contributed by atoms with E-state index in [0.717, 1.165) is 28.9 Å². The van der Waals surface area contributed by atoms with Crippen molar-refractivity contribution < 1.29 is 35.9 Å². The molecule has 0 saturated carbocycles. The van der Waals surface area contributed by atoms with Crippen molar-refractivity contribution >= 4 is 12.1 Å². The van der Waals surface area contributed by atoms with Crippen molar-refractivity contribution in [2.45, 2.75) is 36.7 Å². The molecule has 0 aliphatic carbocycles. The molecular weight excluding hydrogens is 534 g/mol. The standard InChI is InChI=1S/C30H28F6N2O2/c31-29(32,33)23-15-22(16-24(18-23)30(34,35)36)28-27(20-5-2-1-3-6-20)26(9-10-38(28)19-39)21-7-4-8-25(17-21)37-11-13-40-14-12-37/h1-8,15-19,26-28H,9-14H2/t26?,27-,28-/m1/s1. The van der Waals surface area contributed by atoms with Crippen molar-refractivity contribution in [3.8, 4) is 0 Å². The van der Waals surface area contributed by atoms with Gasteiger partial charge in [0.05, 0.1) is 30.4 Å². The van der Waals surface area contributed by atoms with Crippen molar-refractivity contribution in [2.75, 3.05) is 37.7 Å². The minimum Gasteiger partial charge on any atom is -0.378 e. The van der Waals surface area contributed by atoms with Crippen LogP contribution in [0.15, 0.2) is 72.8 Å². The molecule has 0 N–H and O–H groups in total. The summed E-state index contributed by atoms with van der Waals surface area (Å²) in [6.07, 6.45) is -8.98. The zero-order valence-corrected chi connectivity index (χ0v) is 21.5. The maximum Gasteiger partial charge on any atom is 0.416 e. The van der Waals surface area contributed by atoms with Gasteiger partial charge in [-0.3, -0.25) is 4.79 Å². The first-order valence-corrected chi connectivity index (χ1v) is 13.0. The van der Waals surface area contributed by atoms with Crippen LogP contribution in [0, 0.1) is 0 Å². The third-order valence-corrected chi connectivity index (χ3v) is 7.78. The maximum atomic E-state index is 13.8. The molecule has 3 aromatic rings. The van der Waals surface area contributed by atoms with E-state index in [4.69, 9.17) is 4.74 Å². The van der Waals surface area contributed by atoms with Gasteiger partial charge < -0.3 is 14.5 Å². The minimum absolute atomic E-state index is 0.123. The Balaban J connectivity index is 1.66. The quantitative estimate of drug-likeness (QED) is 0.247. The number of nitrogens with zero attached hydrogens (tertiary/aromatic N) is 2. The molecule has 3 aromatic carbocycles. The monoisotopic (exact) mass is 562 g/mol. The molecule has 2 aliphatic heterocycles. The Hall–Kier alpha value is -3.53. The van der Waals surface area contributed by atoms with Crippen LogP contribution in [-0.4, -0.2) is 44.2 Å². The molecule has 2 heterocycles. The SMILES string of the molecule is O=CN1CCC(c2cccc(N3CCOCC3)c2)[C@@H](c2ccccc2)[C@H]1c1cc(C(F)(F)F)cc(C(F)(F)F)c1. The first-order valence-electron chi connectivity index (χ1n) is 13.0. The van der Waals surface area contributed by atoms with E-state index in [2.05, 4.69) is 4.90 Å². The molecule has 0 radical (unpaired) electrons. The lowest BCUT2D eigenvalue weighted by atomic mass is 9.70. The van der Waals surface area contributed by atoms with Crippen LogP contribution < -0.4 is 4.90 Å².